The molecule has 0 aliphatic carbocycles. The molecule has 0 spiro atoms. The summed E-state index contributed by atoms with van der Waals surface area (Å²) in [6, 6.07) is 0. The second kappa shape index (κ2) is 3.54. The molecule has 9 heavy (non-hydrogen) atoms. The van der Waals surface area contributed by atoms with Crippen LogP contribution in [-0.2, 0) is 0 Å². The van der Waals surface area contributed by atoms with Gasteiger partial charge in [-0.05, 0) is 11.8 Å². The standard InChI is InChI=1S/C8H17N/c1-6(2)5-8(9)7(3)4/h5-7H,9H2,1-4H3. The van der Waals surface area contributed by atoms with E-state index in [0.717, 1.165) is 5.70 Å². The zero-order valence-electron chi connectivity index (χ0n) is 6.81. The van der Waals surface area contributed by atoms with E-state index in [-0.39, 0.29) is 0 Å². The average Bonchev–Trinajstić information content (AvgIpc) is 1.63. The maximum absolute atomic E-state index is 5.68. The van der Waals surface area contributed by atoms with Crippen molar-refractivity contribution in [3.8, 4) is 0 Å². The van der Waals surface area contributed by atoms with Crippen LogP contribution in [0.5, 0.6) is 0 Å². The fraction of sp³-hybridized carbons (Fsp3) is 0.750. The summed E-state index contributed by atoms with van der Waals surface area (Å²) in [5, 5.41) is 0. The molecule has 0 aliphatic rings. The number of allylic oxidation sites excluding steroid dienone is 2. The summed E-state index contributed by atoms with van der Waals surface area (Å²) >= 11 is 0. The van der Waals surface area contributed by atoms with Crippen LogP contribution in [0.25, 0.3) is 0 Å². The molecule has 0 aromatic heterocycles. The predicted octanol–water partition coefficient (Wildman–Crippen LogP) is 2.14. The van der Waals surface area contributed by atoms with Gasteiger partial charge in [0.2, 0.25) is 0 Å². The molecule has 0 rings (SSSR count). The molecule has 0 heterocycles. The van der Waals surface area contributed by atoms with E-state index in [1.807, 2.05) is 0 Å². The smallest absolute Gasteiger partial charge is 0.00685 e. The Hall–Kier alpha value is -0.460. The van der Waals surface area contributed by atoms with Crippen molar-refractivity contribution in [2.45, 2.75) is 27.7 Å². The maximum Gasteiger partial charge on any atom is 0.00685 e. The Morgan fingerprint density at radius 1 is 1.22 bits per heavy atom. The first-order valence-electron chi connectivity index (χ1n) is 3.51. The van der Waals surface area contributed by atoms with Crippen molar-refractivity contribution in [2.24, 2.45) is 17.6 Å². The lowest BCUT2D eigenvalue weighted by atomic mass is 10.1. The molecule has 54 valence electrons. The van der Waals surface area contributed by atoms with Gasteiger partial charge >= 0.3 is 0 Å². The van der Waals surface area contributed by atoms with Crippen molar-refractivity contribution in [1.82, 2.24) is 0 Å². The lowest BCUT2D eigenvalue weighted by Crippen LogP contribution is -2.05. The summed E-state index contributed by atoms with van der Waals surface area (Å²) in [4.78, 5) is 0. The van der Waals surface area contributed by atoms with Crippen molar-refractivity contribution in [2.75, 3.05) is 0 Å². The van der Waals surface area contributed by atoms with Crippen LogP contribution in [0, 0.1) is 11.8 Å². The second-order valence-corrected chi connectivity index (χ2v) is 3.07. The molecule has 2 N–H and O–H groups in total. The van der Waals surface area contributed by atoms with Crippen LogP contribution in [0.4, 0.5) is 0 Å². The molecule has 0 bridgehead atoms. The van der Waals surface area contributed by atoms with Crippen LogP contribution in [0.1, 0.15) is 27.7 Å². The van der Waals surface area contributed by atoms with Gasteiger partial charge in [0.05, 0.1) is 0 Å². The summed E-state index contributed by atoms with van der Waals surface area (Å²) in [6.45, 7) is 8.48. The minimum absolute atomic E-state index is 0.493. The number of nitrogens with two attached hydrogens (primary N) is 1. The van der Waals surface area contributed by atoms with Gasteiger partial charge in [-0.1, -0.05) is 33.8 Å². The fourth-order valence-electron chi connectivity index (χ4n) is 0.577. The highest BCUT2D eigenvalue weighted by molar-refractivity contribution is 5.00. The predicted molar refractivity (Wildman–Crippen MR) is 41.9 cm³/mol. The zero-order valence-corrected chi connectivity index (χ0v) is 6.81. The zero-order chi connectivity index (χ0) is 7.44. The van der Waals surface area contributed by atoms with E-state index in [0.29, 0.717) is 11.8 Å². The molecule has 0 unspecified atom stereocenters. The minimum Gasteiger partial charge on any atom is -0.402 e. The highest BCUT2D eigenvalue weighted by Gasteiger charge is 1.96. The lowest BCUT2D eigenvalue weighted by molar-refractivity contribution is 0.721. The van der Waals surface area contributed by atoms with Gasteiger partial charge < -0.3 is 5.73 Å². The van der Waals surface area contributed by atoms with Crippen molar-refractivity contribution in [3.63, 3.8) is 0 Å². The summed E-state index contributed by atoms with van der Waals surface area (Å²) in [7, 11) is 0. The van der Waals surface area contributed by atoms with Gasteiger partial charge in [0, 0.05) is 5.70 Å². The molecule has 0 atom stereocenters. The first kappa shape index (κ1) is 8.54. The first-order valence-corrected chi connectivity index (χ1v) is 3.51. The highest BCUT2D eigenvalue weighted by Crippen LogP contribution is 2.05. The Balaban J connectivity index is 3.84. The van der Waals surface area contributed by atoms with Gasteiger partial charge in [0.25, 0.3) is 0 Å². The van der Waals surface area contributed by atoms with Crippen LogP contribution >= 0.6 is 0 Å². The van der Waals surface area contributed by atoms with Crippen molar-refractivity contribution in [3.05, 3.63) is 11.8 Å². The SMILES string of the molecule is CC(C)C=C(N)C(C)C. The average molecular weight is 127 g/mol. The third-order valence-electron chi connectivity index (χ3n) is 1.19. The molecule has 0 radical (unpaired) electrons. The Morgan fingerprint density at radius 2 is 1.67 bits per heavy atom. The van der Waals surface area contributed by atoms with E-state index in [1.165, 1.54) is 0 Å². The molecule has 1 heteroatoms. The van der Waals surface area contributed by atoms with Crippen molar-refractivity contribution in [1.29, 1.82) is 0 Å². The molecule has 0 aromatic carbocycles. The number of hydrogen-bond acceptors (Lipinski definition) is 1. The molecule has 0 aromatic rings. The Labute approximate surface area is 57.9 Å². The molecule has 0 fully saturated rings. The summed E-state index contributed by atoms with van der Waals surface area (Å²) in [5.74, 6) is 1.07. The highest BCUT2D eigenvalue weighted by atomic mass is 14.6. The largest absolute Gasteiger partial charge is 0.402 e. The first-order chi connectivity index (χ1) is 4.04. The van der Waals surface area contributed by atoms with Crippen molar-refractivity contribution < 1.29 is 0 Å². The molecule has 0 saturated carbocycles. The van der Waals surface area contributed by atoms with Crippen LogP contribution < -0.4 is 5.73 Å². The van der Waals surface area contributed by atoms with Crippen LogP contribution in [-0.4, -0.2) is 0 Å². The Bertz CT molecular complexity index is 101. The van der Waals surface area contributed by atoms with E-state index in [1.54, 1.807) is 0 Å². The van der Waals surface area contributed by atoms with Gasteiger partial charge in [-0.2, -0.15) is 0 Å². The van der Waals surface area contributed by atoms with Crippen LogP contribution in [0.2, 0.25) is 0 Å². The molecule has 0 saturated heterocycles. The van der Waals surface area contributed by atoms with Gasteiger partial charge in [-0.25, -0.2) is 0 Å². The van der Waals surface area contributed by atoms with Gasteiger partial charge in [-0.3, -0.25) is 0 Å². The van der Waals surface area contributed by atoms with E-state index in [4.69, 9.17) is 5.73 Å². The van der Waals surface area contributed by atoms with Crippen molar-refractivity contribution >= 4 is 0 Å². The lowest BCUT2D eigenvalue weighted by Gasteiger charge is -2.05. The molecular weight excluding hydrogens is 110 g/mol. The molecular formula is C8H17N. The maximum atomic E-state index is 5.68. The summed E-state index contributed by atoms with van der Waals surface area (Å²) < 4.78 is 0. The van der Waals surface area contributed by atoms with Gasteiger partial charge in [0.15, 0.2) is 0 Å². The topological polar surface area (TPSA) is 26.0 Å². The van der Waals surface area contributed by atoms with Crippen LogP contribution in [0.15, 0.2) is 11.8 Å². The van der Waals surface area contributed by atoms with Crippen LogP contribution in [0.3, 0.4) is 0 Å². The molecule has 0 amide bonds. The van der Waals surface area contributed by atoms with Gasteiger partial charge in [-0.15, -0.1) is 0 Å². The molecule has 0 aliphatic heterocycles. The second-order valence-electron chi connectivity index (χ2n) is 3.07. The monoisotopic (exact) mass is 127 g/mol. The summed E-state index contributed by atoms with van der Waals surface area (Å²) in [6.07, 6.45) is 2.10. The minimum atomic E-state index is 0.493. The third-order valence-corrected chi connectivity index (χ3v) is 1.19. The quantitative estimate of drug-likeness (QED) is 0.604. The van der Waals surface area contributed by atoms with E-state index in [9.17, 15) is 0 Å². The van der Waals surface area contributed by atoms with E-state index in [2.05, 4.69) is 33.8 Å². The fourth-order valence-corrected chi connectivity index (χ4v) is 0.577. The summed E-state index contributed by atoms with van der Waals surface area (Å²) in [5.41, 5.74) is 6.68. The number of rotatable bonds is 2. The molecule has 1 nitrogen and oxygen atoms in total. The normalized spacial score (nSPS) is 13.3. The Kier molecular flexibility index (Phi) is 3.36. The van der Waals surface area contributed by atoms with E-state index < -0.39 is 0 Å². The van der Waals surface area contributed by atoms with E-state index >= 15 is 0 Å². The number of hydrogen-bond donors (Lipinski definition) is 1. The van der Waals surface area contributed by atoms with Gasteiger partial charge in [0.1, 0.15) is 0 Å². The Morgan fingerprint density at radius 3 is 1.78 bits per heavy atom. The third kappa shape index (κ3) is 4.07.